The zero-order valence-corrected chi connectivity index (χ0v) is 53.5. The first-order valence-electron chi connectivity index (χ1n) is 31.2. The minimum Gasteiger partial charge on any atom is -0.368 e. The molecule has 0 aliphatic carbocycles. The Labute approximate surface area is 515 Å². The van der Waals surface area contributed by atoms with Crippen LogP contribution in [0.25, 0.3) is 0 Å². The van der Waals surface area contributed by atoms with Gasteiger partial charge in [0.05, 0.1) is 19.1 Å². The molecule has 0 bridgehead atoms. The lowest BCUT2D eigenvalue weighted by Gasteiger charge is -2.30. The van der Waals surface area contributed by atoms with Crippen molar-refractivity contribution in [1.29, 1.82) is 0 Å². The fraction of sp³-hybridized carbons (Fsp3) is 0.793. The van der Waals surface area contributed by atoms with Crippen molar-refractivity contribution in [3.05, 3.63) is 0 Å². The van der Waals surface area contributed by atoms with Crippen LogP contribution in [0.1, 0.15) is 172 Å². The molecule has 500 valence electrons. The standard InChI is InChI=1S/C58H111N17O12/c1-11-33(5)45(49(64)78)72-53(82)40(24-16-20-28-60)69-50(79)37(9)67-44(77)32-66-57(86)47(35(7)13-3)74-55(84)42(26-18-22-30-62)71-58(87)48(36(8)14-4)75-54(83)41(25-17-21-29-61)70-51(80)38(10)68-43(76)31-65-56(85)46(34(6)12-2)73-52(81)39(63)23-15-19-27-59/h33-42,45-48H,11-32,59-63H2,1-10H3,(H2,64,78)(H,65,85)(H,66,86)(H,67,77)(H,68,76)(H,69,79)(H,70,80)(H,71,87)(H,72,82)(H,73,81)(H,74,84)(H,75,83)/t33-,34-,35-,36-,37-,38-,39-,40-,41-,42-,45-,46-,47-,48-/m0/s1. The molecule has 0 spiro atoms. The van der Waals surface area contributed by atoms with Gasteiger partial charge in [0.25, 0.3) is 0 Å². The zero-order valence-electron chi connectivity index (χ0n) is 53.5. The van der Waals surface area contributed by atoms with Gasteiger partial charge in [-0.05, 0) is 134 Å². The number of primary amides is 1. The van der Waals surface area contributed by atoms with Crippen molar-refractivity contribution in [2.75, 3.05) is 39.3 Å². The van der Waals surface area contributed by atoms with Gasteiger partial charge < -0.3 is 92.9 Å². The average Bonchev–Trinajstić information content (AvgIpc) is 3.33. The fourth-order valence-corrected chi connectivity index (χ4v) is 8.91. The lowest BCUT2D eigenvalue weighted by molar-refractivity contribution is -0.136. The maximum atomic E-state index is 14.3. The van der Waals surface area contributed by atoms with Gasteiger partial charge in [0.1, 0.15) is 54.4 Å². The van der Waals surface area contributed by atoms with Crippen LogP contribution in [0.5, 0.6) is 0 Å². The van der Waals surface area contributed by atoms with Crippen LogP contribution in [0, 0.1) is 23.7 Å². The maximum absolute atomic E-state index is 14.3. The Hall–Kier alpha value is -6.56. The van der Waals surface area contributed by atoms with Gasteiger partial charge in [-0.25, -0.2) is 0 Å². The van der Waals surface area contributed by atoms with E-state index in [-0.39, 0.29) is 44.2 Å². The molecule has 0 aliphatic rings. The minimum absolute atomic E-state index is 0.0804. The van der Waals surface area contributed by atoms with E-state index in [1.807, 2.05) is 13.8 Å². The molecule has 0 heterocycles. The summed E-state index contributed by atoms with van der Waals surface area (Å²) in [7, 11) is 0. The van der Waals surface area contributed by atoms with Crippen molar-refractivity contribution in [2.45, 2.75) is 232 Å². The Morgan fingerprint density at radius 3 is 0.908 bits per heavy atom. The highest BCUT2D eigenvalue weighted by Gasteiger charge is 2.36. The molecular formula is C58H111N17O12. The number of hydrogen-bond acceptors (Lipinski definition) is 17. The Kier molecular flexibility index (Phi) is 41.4. The summed E-state index contributed by atoms with van der Waals surface area (Å²) >= 11 is 0. The topological polar surface area (TPSA) is 493 Å². The van der Waals surface area contributed by atoms with E-state index in [1.54, 1.807) is 41.5 Å². The van der Waals surface area contributed by atoms with Gasteiger partial charge in [-0.1, -0.05) is 87.5 Å². The van der Waals surface area contributed by atoms with E-state index < -0.39 is 156 Å². The van der Waals surface area contributed by atoms with Crippen LogP contribution >= 0.6 is 0 Å². The summed E-state index contributed by atoms with van der Waals surface area (Å²) in [5, 5.41) is 28.9. The third-order valence-electron chi connectivity index (χ3n) is 15.6. The summed E-state index contributed by atoms with van der Waals surface area (Å²) in [5.74, 6) is -10.0. The predicted octanol–water partition coefficient (Wildman–Crippen LogP) is -2.87. The largest absolute Gasteiger partial charge is 0.368 e. The van der Waals surface area contributed by atoms with Crippen LogP contribution in [-0.4, -0.2) is 171 Å². The zero-order chi connectivity index (χ0) is 66.3. The lowest BCUT2D eigenvalue weighted by Crippen LogP contribution is -2.61. The summed E-state index contributed by atoms with van der Waals surface area (Å²) in [6.07, 6.45) is 6.65. The van der Waals surface area contributed by atoms with Gasteiger partial charge in [0.15, 0.2) is 0 Å². The van der Waals surface area contributed by atoms with E-state index in [1.165, 1.54) is 13.8 Å². The van der Waals surface area contributed by atoms with E-state index in [0.717, 1.165) is 0 Å². The van der Waals surface area contributed by atoms with Crippen molar-refractivity contribution < 1.29 is 57.5 Å². The molecule has 23 N–H and O–H groups in total. The molecule has 0 unspecified atom stereocenters. The Morgan fingerprint density at radius 2 is 0.598 bits per heavy atom. The van der Waals surface area contributed by atoms with Crippen LogP contribution in [0.2, 0.25) is 0 Å². The molecule has 0 aliphatic heterocycles. The van der Waals surface area contributed by atoms with E-state index in [9.17, 15) is 57.5 Å². The van der Waals surface area contributed by atoms with Gasteiger partial charge in [0, 0.05) is 0 Å². The van der Waals surface area contributed by atoms with Gasteiger partial charge in [0.2, 0.25) is 70.9 Å². The minimum atomic E-state index is -1.24. The van der Waals surface area contributed by atoms with Crippen LogP contribution in [-0.2, 0) is 57.5 Å². The maximum Gasteiger partial charge on any atom is 0.243 e. The SMILES string of the molecule is CC[C@H](C)[C@H](NC(=O)[C@H](CCCCN)NC(=O)[C@H](C)NC(=O)CNC(=O)[C@@H](NC(=O)[C@H](CCCCN)NC(=O)[C@@H](NC(=O)[C@H](CCCCN)NC(=O)[C@H](C)NC(=O)CNC(=O)[C@@H](NC(=O)[C@@H](N)CCCCN)[C@@H](C)CC)[C@@H](C)CC)[C@@H](C)CC)C(N)=O. The summed E-state index contributed by atoms with van der Waals surface area (Å²) in [6.45, 7) is 17.2. The first-order chi connectivity index (χ1) is 41.1. The van der Waals surface area contributed by atoms with E-state index in [2.05, 4.69) is 58.5 Å². The van der Waals surface area contributed by atoms with Gasteiger partial charge in [-0.3, -0.25) is 57.5 Å². The van der Waals surface area contributed by atoms with E-state index in [0.29, 0.717) is 96.6 Å². The molecule has 0 aromatic rings. The van der Waals surface area contributed by atoms with Crippen molar-refractivity contribution in [1.82, 2.24) is 58.5 Å². The molecule has 0 aromatic carbocycles. The second-order valence-corrected chi connectivity index (χ2v) is 22.8. The number of carbonyl (C=O) groups is 12. The highest BCUT2D eigenvalue weighted by atomic mass is 16.2. The molecule has 29 nitrogen and oxygen atoms in total. The second kappa shape index (κ2) is 44.8. The van der Waals surface area contributed by atoms with E-state index in [4.69, 9.17) is 34.4 Å². The highest BCUT2D eigenvalue weighted by molar-refractivity contribution is 5.98. The molecule has 0 saturated carbocycles. The third kappa shape index (κ3) is 31.3. The molecular weight excluding hydrogens is 1130 g/mol. The molecule has 0 rings (SSSR count). The average molecular weight is 1240 g/mol. The predicted molar refractivity (Wildman–Crippen MR) is 331 cm³/mol. The smallest absolute Gasteiger partial charge is 0.243 e. The van der Waals surface area contributed by atoms with Crippen LogP contribution in [0.4, 0.5) is 0 Å². The molecule has 14 atom stereocenters. The summed E-state index contributed by atoms with van der Waals surface area (Å²) in [6, 6.07) is -11.2. The Morgan fingerprint density at radius 1 is 0.322 bits per heavy atom. The molecule has 0 fully saturated rings. The first-order valence-corrected chi connectivity index (χ1v) is 31.2. The third-order valence-corrected chi connectivity index (χ3v) is 15.6. The number of rotatable bonds is 47. The fourth-order valence-electron chi connectivity index (χ4n) is 8.91. The number of nitrogens with two attached hydrogens (primary N) is 6. The quantitative estimate of drug-likeness (QED) is 0.0273. The van der Waals surface area contributed by atoms with Crippen LogP contribution in [0.15, 0.2) is 0 Å². The number of nitrogens with one attached hydrogen (secondary N) is 11. The molecule has 12 amide bonds. The molecule has 0 radical (unpaired) electrons. The van der Waals surface area contributed by atoms with Crippen molar-refractivity contribution in [2.24, 2.45) is 58.1 Å². The van der Waals surface area contributed by atoms with Gasteiger partial charge >= 0.3 is 0 Å². The summed E-state index contributed by atoms with van der Waals surface area (Å²) in [4.78, 5) is 161. The van der Waals surface area contributed by atoms with Gasteiger partial charge in [-0.15, -0.1) is 0 Å². The number of carbonyl (C=O) groups excluding carboxylic acids is 12. The molecule has 0 saturated heterocycles. The second-order valence-electron chi connectivity index (χ2n) is 22.8. The van der Waals surface area contributed by atoms with E-state index >= 15 is 0 Å². The number of unbranched alkanes of at least 4 members (excludes halogenated alkanes) is 4. The van der Waals surface area contributed by atoms with Crippen molar-refractivity contribution in [3.8, 4) is 0 Å². The molecule has 0 aromatic heterocycles. The number of hydrogen-bond donors (Lipinski definition) is 17. The van der Waals surface area contributed by atoms with Crippen molar-refractivity contribution in [3.63, 3.8) is 0 Å². The normalized spacial score (nSPS) is 16.0. The van der Waals surface area contributed by atoms with Crippen molar-refractivity contribution >= 4 is 70.9 Å². The highest BCUT2D eigenvalue weighted by Crippen LogP contribution is 2.15. The Balaban J connectivity index is 6.24. The van der Waals surface area contributed by atoms with Crippen LogP contribution in [0.3, 0.4) is 0 Å². The van der Waals surface area contributed by atoms with Crippen LogP contribution < -0.4 is 92.9 Å². The Bertz CT molecular complexity index is 2180. The molecule has 87 heavy (non-hydrogen) atoms. The summed E-state index contributed by atoms with van der Waals surface area (Å²) < 4.78 is 0. The van der Waals surface area contributed by atoms with Gasteiger partial charge in [-0.2, -0.15) is 0 Å². The first kappa shape index (κ1) is 80.4. The monoisotopic (exact) mass is 1240 g/mol. The number of amides is 12. The molecule has 29 heteroatoms. The lowest BCUT2D eigenvalue weighted by atomic mass is 9.96. The summed E-state index contributed by atoms with van der Waals surface area (Å²) in [5.41, 5.74) is 34.3.